The van der Waals surface area contributed by atoms with Crippen molar-refractivity contribution >= 4 is 12.1 Å². The monoisotopic (exact) mass is 368 g/mol. The molecule has 0 aromatic heterocycles. The summed E-state index contributed by atoms with van der Waals surface area (Å²) in [5, 5.41) is 12.3. The standard InChI is InChI=1S/C19H32N2O5/c1-17(2,3)26-16(24)20-19(15(22)23)10-11-21(13-19)12-14-6-9-18(25-14)7-4-5-8-18/h14H,4-13H2,1-3H3,(H,20,24)(H,22,23). The predicted molar refractivity (Wildman–Crippen MR) is 96.1 cm³/mol. The van der Waals surface area contributed by atoms with E-state index in [1.165, 1.54) is 12.8 Å². The van der Waals surface area contributed by atoms with Gasteiger partial charge in [0, 0.05) is 19.6 Å². The lowest BCUT2D eigenvalue weighted by Gasteiger charge is -2.29. The summed E-state index contributed by atoms with van der Waals surface area (Å²) in [5.41, 5.74) is -1.86. The molecule has 3 aliphatic rings. The van der Waals surface area contributed by atoms with Crippen LogP contribution in [0.15, 0.2) is 0 Å². The Bertz CT molecular complexity index is 553. The molecule has 2 unspecified atom stereocenters. The molecule has 1 spiro atoms. The van der Waals surface area contributed by atoms with Crippen molar-refractivity contribution in [2.45, 2.75) is 88.6 Å². The fourth-order valence-corrected chi connectivity index (χ4v) is 4.57. The summed E-state index contributed by atoms with van der Waals surface area (Å²) in [6.45, 7) is 6.93. The topological polar surface area (TPSA) is 88.1 Å². The van der Waals surface area contributed by atoms with Gasteiger partial charge in [-0.15, -0.1) is 0 Å². The van der Waals surface area contributed by atoms with E-state index in [1.54, 1.807) is 20.8 Å². The van der Waals surface area contributed by atoms with Crippen LogP contribution in [0, 0.1) is 0 Å². The average Bonchev–Trinajstić information content (AvgIpc) is 3.21. The molecule has 2 heterocycles. The number of hydrogen-bond donors (Lipinski definition) is 2. The first-order chi connectivity index (χ1) is 12.1. The van der Waals surface area contributed by atoms with E-state index in [0.29, 0.717) is 13.0 Å². The van der Waals surface area contributed by atoms with Crippen LogP contribution in [0.4, 0.5) is 4.79 Å². The van der Waals surface area contributed by atoms with E-state index >= 15 is 0 Å². The molecule has 26 heavy (non-hydrogen) atoms. The Morgan fingerprint density at radius 3 is 2.54 bits per heavy atom. The molecule has 2 N–H and O–H groups in total. The molecule has 2 aliphatic heterocycles. The van der Waals surface area contributed by atoms with E-state index < -0.39 is 23.2 Å². The largest absolute Gasteiger partial charge is 0.479 e. The van der Waals surface area contributed by atoms with Crippen LogP contribution in [-0.4, -0.2) is 64.5 Å². The first-order valence-corrected chi connectivity index (χ1v) is 9.76. The summed E-state index contributed by atoms with van der Waals surface area (Å²) in [6, 6.07) is 0. The summed E-state index contributed by atoms with van der Waals surface area (Å²) in [6.07, 6.45) is 6.83. The Morgan fingerprint density at radius 1 is 1.23 bits per heavy atom. The number of nitrogens with one attached hydrogen (secondary N) is 1. The van der Waals surface area contributed by atoms with Gasteiger partial charge < -0.3 is 19.9 Å². The molecular formula is C19H32N2O5. The number of rotatable bonds is 4. The van der Waals surface area contributed by atoms with Crippen molar-refractivity contribution in [3.8, 4) is 0 Å². The van der Waals surface area contributed by atoms with Gasteiger partial charge in [-0.2, -0.15) is 0 Å². The van der Waals surface area contributed by atoms with Crippen molar-refractivity contribution in [2.24, 2.45) is 0 Å². The molecule has 148 valence electrons. The zero-order valence-corrected chi connectivity index (χ0v) is 16.2. The van der Waals surface area contributed by atoms with Crippen molar-refractivity contribution in [3.05, 3.63) is 0 Å². The van der Waals surface area contributed by atoms with Gasteiger partial charge in [0.25, 0.3) is 0 Å². The number of hydrogen-bond acceptors (Lipinski definition) is 5. The number of likely N-dealkylation sites (tertiary alicyclic amines) is 1. The molecule has 7 heteroatoms. The maximum atomic E-state index is 12.1. The smallest absolute Gasteiger partial charge is 0.408 e. The molecule has 0 radical (unpaired) electrons. The Labute approximate surface area is 155 Å². The van der Waals surface area contributed by atoms with Gasteiger partial charge in [0.1, 0.15) is 5.60 Å². The first kappa shape index (κ1) is 19.4. The minimum atomic E-state index is -1.29. The second-order valence-electron chi connectivity index (χ2n) is 9.17. The number of amides is 1. The van der Waals surface area contributed by atoms with Crippen LogP contribution in [-0.2, 0) is 14.3 Å². The second kappa shape index (κ2) is 7.00. The van der Waals surface area contributed by atoms with Crippen molar-refractivity contribution < 1.29 is 24.2 Å². The quantitative estimate of drug-likeness (QED) is 0.793. The van der Waals surface area contributed by atoms with Crippen molar-refractivity contribution in [1.29, 1.82) is 0 Å². The fourth-order valence-electron chi connectivity index (χ4n) is 4.57. The van der Waals surface area contributed by atoms with Crippen LogP contribution in [0.2, 0.25) is 0 Å². The number of alkyl carbamates (subject to hydrolysis) is 1. The molecule has 7 nitrogen and oxygen atoms in total. The van der Waals surface area contributed by atoms with Gasteiger partial charge in [-0.3, -0.25) is 4.90 Å². The molecule has 1 amide bonds. The molecule has 3 rings (SSSR count). The SMILES string of the molecule is CC(C)(C)OC(=O)NC1(C(=O)O)CCN(CC2CCC3(CCCC3)O2)C1. The van der Waals surface area contributed by atoms with E-state index in [0.717, 1.165) is 32.2 Å². The van der Waals surface area contributed by atoms with Crippen LogP contribution in [0.25, 0.3) is 0 Å². The maximum absolute atomic E-state index is 12.1. The maximum Gasteiger partial charge on any atom is 0.408 e. The molecule has 0 aromatic rings. The summed E-state index contributed by atoms with van der Waals surface area (Å²) < 4.78 is 11.6. The third-order valence-electron chi connectivity index (χ3n) is 5.81. The van der Waals surface area contributed by atoms with E-state index in [4.69, 9.17) is 9.47 Å². The molecule has 2 atom stereocenters. The number of aliphatic carboxylic acids is 1. The Balaban J connectivity index is 1.56. The van der Waals surface area contributed by atoms with Crippen molar-refractivity contribution in [3.63, 3.8) is 0 Å². The van der Waals surface area contributed by atoms with Crippen LogP contribution in [0.1, 0.15) is 65.7 Å². The van der Waals surface area contributed by atoms with E-state index in [9.17, 15) is 14.7 Å². The van der Waals surface area contributed by atoms with Crippen LogP contribution < -0.4 is 5.32 Å². The Hall–Kier alpha value is -1.34. The fraction of sp³-hybridized carbons (Fsp3) is 0.895. The van der Waals surface area contributed by atoms with Gasteiger partial charge in [-0.05, 0) is 52.9 Å². The van der Waals surface area contributed by atoms with Crippen LogP contribution in [0.3, 0.4) is 0 Å². The highest BCUT2D eigenvalue weighted by Crippen LogP contribution is 2.43. The number of ether oxygens (including phenoxy) is 2. The number of nitrogens with zero attached hydrogens (tertiary/aromatic N) is 1. The molecule has 2 saturated heterocycles. The highest BCUT2D eigenvalue weighted by atomic mass is 16.6. The molecule has 3 fully saturated rings. The summed E-state index contributed by atoms with van der Waals surface area (Å²) in [4.78, 5) is 26.1. The predicted octanol–water partition coefficient (Wildman–Crippen LogP) is 2.53. The number of carbonyl (C=O) groups is 2. The molecular weight excluding hydrogens is 336 g/mol. The number of carbonyl (C=O) groups excluding carboxylic acids is 1. The molecule has 0 bridgehead atoms. The van der Waals surface area contributed by atoms with Crippen LogP contribution in [0.5, 0.6) is 0 Å². The Kier molecular flexibility index (Phi) is 5.23. The van der Waals surface area contributed by atoms with Gasteiger partial charge in [-0.1, -0.05) is 12.8 Å². The van der Waals surface area contributed by atoms with Gasteiger partial charge in [0.15, 0.2) is 5.54 Å². The minimum Gasteiger partial charge on any atom is -0.479 e. The van der Waals surface area contributed by atoms with Gasteiger partial charge in [-0.25, -0.2) is 9.59 Å². The van der Waals surface area contributed by atoms with Crippen LogP contribution >= 0.6 is 0 Å². The molecule has 0 aromatic carbocycles. The summed E-state index contributed by atoms with van der Waals surface area (Å²) >= 11 is 0. The highest BCUT2D eigenvalue weighted by molar-refractivity contribution is 5.85. The van der Waals surface area contributed by atoms with Crippen molar-refractivity contribution in [1.82, 2.24) is 10.2 Å². The third-order valence-corrected chi connectivity index (χ3v) is 5.81. The number of carboxylic acid groups (broad SMARTS) is 1. The molecule has 1 aliphatic carbocycles. The van der Waals surface area contributed by atoms with E-state index in [-0.39, 0.29) is 18.2 Å². The summed E-state index contributed by atoms with van der Waals surface area (Å²) in [7, 11) is 0. The van der Waals surface area contributed by atoms with Crippen molar-refractivity contribution in [2.75, 3.05) is 19.6 Å². The zero-order chi connectivity index (χ0) is 19.0. The van der Waals surface area contributed by atoms with E-state index in [2.05, 4.69) is 10.2 Å². The van der Waals surface area contributed by atoms with Gasteiger partial charge >= 0.3 is 12.1 Å². The zero-order valence-electron chi connectivity index (χ0n) is 16.2. The normalized spacial score (nSPS) is 31.4. The molecule has 1 saturated carbocycles. The van der Waals surface area contributed by atoms with Gasteiger partial charge in [0.2, 0.25) is 0 Å². The minimum absolute atomic E-state index is 0.0864. The van der Waals surface area contributed by atoms with Gasteiger partial charge in [0.05, 0.1) is 11.7 Å². The highest BCUT2D eigenvalue weighted by Gasteiger charge is 2.48. The summed E-state index contributed by atoms with van der Waals surface area (Å²) in [5.74, 6) is -1.01. The average molecular weight is 368 g/mol. The lowest BCUT2D eigenvalue weighted by molar-refractivity contribution is -0.144. The second-order valence-corrected chi connectivity index (χ2v) is 9.17. The van der Waals surface area contributed by atoms with E-state index in [1.807, 2.05) is 0 Å². The lowest BCUT2D eigenvalue weighted by atomic mass is 9.98. The first-order valence-electron chi connectivity index (χ1n) is 9.76. The third kappa shape index (κ3) is 4.31. The Morgan fingerprint density at radius 2 is 1.92 bits per heavy atom. The number of carboxylic acids is 1. The lowest BCUT2D eigenvalue weighted by Crippen LogP contribution is -2.57.